The molecule has 3 nitrogen and oxygen atoms in total. The average molecular weight is 196 g/mol. The van der Waals surface area contributed by atoms with E-state index in [9.17, 15) is 4.79 Å². The van der Waals surface area contributed by atoms with Crippen LogP contribution >= 0.6 is 0 Å². The Morgan fingerprint density at radius 2 is 2.14 bits per heavy atom. The lowest BCUT2D eigenvalue weighted by Crippen LogP contribution is -2.31. The molecule has 0 aliphatic heterocycles. The van der Waals surface area contributed by atoms with Gasteiger partial charge in [0.15, 0.2) is 0 Å². The summed E-state index contributed by atoms with van der Waals surface area (Å²) in [6.45, 7) is 7.45. The smallest absolute Gasteiger partial charge is 0.222 e. The molecule has 0 aromatic carbocycles. The number of hydrogen-bond acceptors (Lipinski definition) is 2. The van der Waals surface area contributed by atoms with Gasteiger partial charge in [-0.1, -0.05) is 13.8 Å². The molecule has 0 rings (SSSR count). The summed E-state index contributed by atoms with van der Waals surface area (Å²) in [6, 6.07) is 2.06. The molecular weight excluding hydrogens is 176 g/mol. The molecule has 80 valence electrons. The summed E-state index contributed by atoms with van der Waals surface area (Å²) >= 11 is 0. The zero-order valence-corrected chi connectivity index (χ0v) is 9.42. The van der Waals surface area contributed by atoms with Gasteiger partial charge in [-0.3, -0.25) is 4.79 Å². The Morgan fingerprint density at radius 3 is 2.57 bits per heavy atom. The topological polar surface area (TPSA) is 44.1 Å². The third-order valence-corrected chi connectivity index (χ3v) is 2.16. The molecule has 0 bridgehead atoms. The van der Waals surface area contributed by atoms with E-state index in [-0.39, 0.29) is 5.91 Å². The zero-order valence-electron chi connectivity index (χ0n) is 9.42. The minimum Gasteiger partial charge on any atom is -0.342 e. The van der Waals surface area contributed by atoms with Crippen LogP contribution in [0.2, 0.25) is 0 Å². The second-order valence-electron chi connectivity index (χ2n) is 3.81. The van der Waals surface area contributed by atoms with Gasteiger partial charge in [-0.2, -0.15) is 5.26 Å². The molecule has 0 saturated heterocycles. The van der Waals surface area contributed by atoms with E-state index >= 15 is 0 Å². The highest BCUT2D eigenvalue weighted by Crippen LogP contribution is 2.06. The monoisotopic (exact) mass is 196 g/mol. The lowest BCUT2D eigenvalue weighted by atomic mass is 10.1. The van der Waals surface area contributed by atoms with Crippen LogP contribution in [-0.4, -0.2) is 23.9 Å². The largest absolute Gasteiger partial charge is 0.342 e. The fraction of sp³-hybridized carbons (Fsp3) is 0.818. The Kier molecular flexibility index (Phi) is 6.82. The molecule has 0 heterocycles. The van der Waals surface area contributed by atoms with Crippen LogP contribution in [-0.2, 0) is 4.79 Å². The molecule has 3 heteroatoms. The molecule has 0 aromatic heterocycles. The average Bonchev–Trinajstić information content (AvgIpc) is 2.16. The highest BCUT2D eigenvalue weighted by molar-refractivity contribution is 5.76. The van der Waals surface area contributed by atoms with Gasteiger partial charge in [-0.15, -0.1) is 0 Å². The van der Waals surface area contributed by atoms with Crippen molar-refractivity contribution in [1.29, 1.82) is 5.26 Å². The maximum Gasteiger partial charge on any atom is 0.222 e. The first-order valence-electron chi connectivity index (χ1n) is 5.26. The van der Waals surface area contributed by atoms with E-state index in [0.29, 0.717) is 31.8 Å². The maximum absolute atomic E-state index is 11.6. The Morgan fingerprint density at radius 1 is 1.50 bits per heavy atom. The molecule has 0 unspecified atom stereocenters. The van der Waals surface area contributed by atoms with E-state index in [1.54, 1.807) is 4.90 Å². The van der Waals surface area contributed by atoms with Gasteiger partial charge in [0.05, 0.1) is 12.5 Å². The van der Waals surface area contributed by atoms with Crippen LogP contribution in [0, 0.1) is 17.2 Å². The summed E-state index contributed by atoms with van der Waals surface area (Å²) in [5.74, 6) is 0.741. The van der Waals surface area contributed by atoms with Gasteiger partial charge >= 0.3 is 0 Å². The standard InChI is InChI=1S/C11H20N2O/c1-4-13(9-5-8-12)11(14)7-6-10(2)3/h10H,4-7,9H2,1-3H3. The second kappa shape index (κ2) is 7.37. The van der Waals surface area contributed by atoms with E-state index < -0.39 is 0 Å². The predicted octanol–water partition coefficient (Wildman–Crippen LogP) is 2.18. The van der Waals surface area contributed by atoms with Gasteiger partial charge in [0, 0.05) is 19.5 Å². The summed E-state index contributed by atoms with van der Waals surface area (Å²) in [7, 11) is 0. The highest BCUT2D eigenvalue weighted by Gasteiger charge is 2.10. The third-order valence-electron chi connectivity index (χ3n) is 2.16. The van der Waals surface area contributed by atoms with Crippen molar-refractivity contribution in [2.24, 2.45) is 5.92 Å². The van der Waals surface area contributed by atoms with Crippen molar-refractivity contribution < 1.29 is 4.79 Å². The normalized spacial score (nSPS) is 9.93. The van der Waals surface area contributed by atoms with Crippen LogP contribution < -0.4 is 0 Å². The van der Waals surface area contributed by atoms with Crippen LogP contribution in [0.3, 0.4) is 0 Å². The summed E-state index contributed by atoms with van der Waals surface area (Å²) in [5.41, 5.74) is 0. The van der Waals surface area contributed by atoms with Gasteiger partial charge in [0.1, 0.15) is 0 Å². The van der Waals surface area contributed by atoms with Crippen molar-refractivity contribution in [3.05, 3.63) is 0 Å². The molecule has 0 fully saturated rings. The predicted molar refractivity (Wildman–Crippen MR) is 56.6 cm³/mol. The number of hydrogen-bond donors (Lipinski definition) is 0. The van der Waals surface area contributed by atoms with E-state index in [4.69, 9.17) is 5.26 Å². The third kappa shape index (κ3) is 5.58. The molecule has 0 aliphatic rings. The van der Waals surface area contributed by atoms with Crippen molar-refractivity contribution in [2.75, 3.05) is 13.1 Å². The first kappa shape index (κ1) is 13.0. The summed E-state index contributed by atoms with van der Waals surface area (Å²) < 4.78 is 0. The van der Waals surface area contributed by atoms with Crippen LogP contribution in [0.1, 0.15) is 40.0 Å². The van der Waals surface area contributed by atoms with Gasteiger partial charge in [-0.25, -0.2) is 0 Å². The van der Waals surface area contributed by atoms with Crippen molar-refractivity contribution in [3.8, 4) is 6.07 Å². The van der Waals surface area contributed by atoms with Crippen molar-refractivity contribution in [3.63, 3.8) is 0 Å². The summed E-state index contributed by atoms with van der Waals surface area (Å²) in [5, 5.41) is 8.42. The molecule has 0 atom stereocenters. The molecule has 0 saturated carbocycles. The van der Waals surface area contributed by atoms with Crippen molar-refractivity contribution in [2.45, 2.75) is 40.0 Å². The van der Waals surface area contributed by atoms with Gasteiger partial charge < -0.3 is 4.90 Å². The Hall–Kier alpha value is -1.04. The molecular formula is C11H20N2O. The van der Waals surface area contributed by atoms with Crippen LogP contribution in [0.25, 0.3) is 0 Å². The fourth-order valence-electron chi connectivity index (χ4n) is 1.21. The molecule has 1 amide bonds. The molecule has 0 spiro atoms. The number of carbonyl (C=O) groups excluding carboxylic acids is 1. The molecule has 0 N–H and O–H groups in total. The molecule has 0 aliphatic carbocycles. The van der Waals surface area contributed by atoms with E-state index in [1.807, 2.05) is 6.92 Å². The number of nitrogens with zero attached hydrogens (tertiary/aromatic N) is 2. The Bertz CT molecular complexity index is 206. The van der Waals surface area contributed by atoms with Crippen LogP contribution in [0.4, 0.5) is 0 Å². The van der Waals surface area contributed by atoms with Gasteiger partial charge in [0.25, 0.3) is 0 Å². The minimum atomic E-state index is 0.177. The minimum absolute atomic E-state index is 0.177. The van der Waals surface area contributed by atoms with E-state index in [1.165, 1.54) is 0 Å². The second-order valence-corrected chi connectivity index (χ2v) is 3.81. The highest BCUT2D eigenvalue weighted by atomic mass is 16.2. The Balaban J connectivity index is 3.86. The van der Waals surface area contributed by atoms with Crippen molar-refractivity contribution in [1.82, 2.24) is 4.90 Å². The summed E-state index contributed by atoms with van der Waals surface area (Å²) in [6.07, 6.45) is 1.97. The Labute approximate surface area is 86.7 Å². The van der Waals surface area contributed by atoms with Gasteiger partial charge in [0.2, 0.25) is 5.91 Å². The van der Waals surface area contributed by atoms with Gasteiger partial charge in [-0.05, 0) is 19.3 Å². The maximum atomic E-state index is 11.6. The lowest BCUT2D eigenvalue weighted by molar-refractivity contribution is -0.131. The van der Waals surface area contributed by atoms with E-state index in [2.05, 4.69) is 19.9 Å². The first-order chi connectivity index (χ1) is 6.61. The lowest BCUT2D eigenvalue weighted by Gasteiger charge is -2.19. The van der Waals surface area contributed by atoms with Crippen molar-refractivity contribution >= 4 is 5.91 Å². The quantitative estimate of drug-likeness (QED) is 0.653. The fourth-order valence-corrected chi connectivity index (χ4v) is 1.21. The number of nitriles is 1. The molecule has 14 heavy (non-hydrogen) atoms. The first-order valence-corrected chi connectivity index (χ1v) is 5.26. The molecule has 0 aromatic rings. The number of amides is 1. The number of carbonyl (C=O) groups is 1. The SMILES string of the molecule is CCN(CCC#N)C(=O)CCC(C)C. The van der Waals surface area contributed by atoms with Crippen LogP contribution in [0.15, 0.2) is 0 Å². The summed E-state index contributed by atoms with van der Waals surface area (Å²) in [4.78, 5) is 13.4. The molecule has 0 radical (unpaired) electrons. The van der Waals surface area contributed by atoms with Crippen LogP contribution in [0.5, 0.6) is 0 Å². The zero-order chi connectivity index (χ0) is 11.0. The van der Waals surface area contributed by atoms with E-state index in [0.717, 1.165) is 6.42 Å². The number of rotatable bonds is 6.